The lowest BCUT2D eigenvalue weighted by Gasteiger charge is -2.23. The van der Waals surface area contributed by atoms with Gasteiger partial charge in [0.25, 0.3) is 0 Å². The van der Waals surface area contributed by atoms with E-state index in [2.05, 4.69) is 5.10 Å². The Hall–Kier alpha value is -1.46. The standard InChI is InChI=1S/C14H17FN2O2/c15-11-5-3-4-10-12(7-8-18)16-17(14(10)11)13-6-1-2-9-19-13/h3-5,13,18H,1-2,6-9H2. The minimum absolute atomic E-state index is 0.00809. The summed E-state index contributed by atoms with van der Waals surface area (Å²) in [6.45, 7) is 0.698. The van der Waals surface area contributed by atoms with E-state index in [9.17, 15) is 4.39 Å². The Morgan fingerprint density at radius 3 is 3.05 bits per heavy atom. The molecule has 0 amide bonds. The van der Waals surface area contributed by atoms with Crippen LogP contribution in [0.2, 0.25) is 0 Å². The molecule has 4 nitrogen and oxygen atoms in total. The van der Waals surface area contributed by atoms with Crippen molar-refractivity contribution in [2.45, 2.75) is 31.9 Å². The van der Waals surface area contributed by atoms with E-state index in [1.54, 1.807) is 10.7 Å². The summed E-state index contributed by atoms with van der Waals surface area (Å²) in [7, 11) is 0. The number of rotatable bonds is 3. The van der Waals surface area contributed by atoms with E-state index < -0.39 is 0 Å². The van der Waals surface area contributed by atoms with Gasteiger partial charge in [0.1, 0.15) is 11.3 Å². The fourth-order valence-corrected chi connectivity index (χ4v) is 2.63. The number of hydrogen-bond donors (Lipinski definition) is 1. The molecule has 0 radical (unpaired) electrons. The second-order valence-electron chi connectivity index (χ2n) is 4.82. The van der Waals surface area contributed by atoms with Crippen LogP contribution in [0.1, 0.15) is 31.2 Å². The van der Waals surface area contributed by atoms with Crippen molar-refractivity contribution in [3.05, 3.63) is 29.7 Å². The largest absolute Gasteiger partial charge is 0.396 e. The summed E-state index contributed by atoms with van der Waals surface area (Å²) in [5, 5.41) is 14.3. The maximum atomic E-state index is 14.1. The first kappa shape index (κ1) is 12.6. The summed E-state index contributed by atoms with van der Waals surface area (Å²) in [6.07, 6.45) is 3.20. The average Bonchev–Trinajstić information content (AvgIpc) is 2.81. The minimum Gasteiger partial charge on any atom is -0.396 e. The molecule has 2 aromatic rings. The number of benzene rings is 1. The second kappa shape index (κ2) is 5.27. The summed E-state index contributed by atoms with van der Waals surface area (Å²) in [5.41, 5.74) is 1.21. The van der Waals surface area contributed by atoms with Crippen molar-refractivity contribution >= 4 is 10.9 Å². The van der Waals surface area contributed by atoms with Crippen LogP contribution < -0.4 is 0 Å². The lowest BCUT2D eigenvalue weighted by atomic mass is 10.1. The summed E-state index contributed by atoms with van der Waals surface area (Å²) in [4.78, 5) is 0. The Labute approximate surface area is 110 Å². The molecule has 1 aromatic heterocycles. The van der Waals surface area contributed by atoms with Gasteiger partial charge in [0, 0.05) is 25.0 Å². The van der Waals surface area contributed by atoms with Gasteiger partial charge in [-0.3, -0.25) is 0 Å². The Bertz CT molecular complexity index is 576. The van der Waals surface area contributed by atoms with Gasteiger partial charge < -0.3 is 9.84 Å². The molecule has 0 bridgehead atoms. The van der Waals surface area contributed by atoms with Crippen LogP contribution in [0.4, 0.5) is 4.39 Å². The van der Waals surface area contributed by atoms with E-state index in [0.717, 1.165) is 30.3 Å². The molecule has 102 valence electrons. The molecule has 0 aliphatic carbocycles. The summed E-state index contributed by atoms with van der Waals surface area (Å²) < 4.78 is 21.4. The van der Waals surface area contributed by atoms with Gasteiger partial charge in [-0.15, -0.1) is 0 Å². The van der Waals surface area contributed by atoms with Crippen LogP contribution in [0.3, 0.4) is 0 Å². The normalized spacial score (nSPS) is 20.0. The lowest BCUT2D eigenvalue weighted by molar-refractivity contribution is -0.0371. The van der Waals surface area contributed by atoms with Crippen LogP contribution >= 0.6 is 0 Å². The number of aromatic nitrogens is 2. The van der Waals surface area contributed by atoms with Gasteiger partial charge in [-0.1, -0.05) is 12.1 Å². The monoisotopic (exact) mass is 264 g/mol. The van der Waals surface area contributed by atoms with E-state index in [1.807, 2.05) is 6.07 Å². The molecule has 2 heterocycles. The molecule has 1 atom stereocenters. The first-order valence-corrected chi connectivity index (χ1v) is 6.69. The van der Waals surface area contributed by atoms with Gasteiger partial charge in [-0.2, -0.15) is 5.10 Å². The molecule has 1 unspecified atom stereocenters. The van der Waals surface area contributed by atoms with Crippen molar-refractivity contribution in [2.75, 3.05) is 13.2 Å². The summed E-state index contributed by atoms with van der Waals surface area (Å²) >= 11 is 0. The summed E-state index contributed by atoms with van der Waals surface area (Å²) in [6, 6.07) is 4.95. The molecule has 1 N–H and O–H groups in total. The number of aliphatic hydroxyl groups excluding tert-OH is 1. The van der Waals surface area contributed by atoms with Crippen LogP contribution in [0, 0.1) is 5.82 Å². The average molecular weight is 264 g/mol. The molecule has 1 aliphatic heterocycles. The van der Waals surface area contributed by atoms with E-state index in [4.69, 9.17) is 9.84 Å². The zero-order valence-corrected chi connectivity index (χ0v) is 10.7. The third kappa shape index (κ3) is 2.24. The van der Waals surface area contributed by atoms with Crippen LogP contribution in [0.5, 0.6) is 0 Å². The Balaban J connectivity index is 2.11. The van der Waals surface area contributed by atoms with Crippen molar-refractivity contribution in [2.24, 2.45) is 0 Å². The van der Waals surface area contributed by atoms with E-state index in [-0.39, 0.29) is 18.7 Å². The quantitative estimate of drug-likeness (QED) is 0.926. The molecular weight excluding hydrogens is 247 g/mol. The molecule has 0 saturated carbocycles. The van der Waals surface area contributed by atoms with Crippen molar-refractivity contribution in [1.29, 1.82) is 0 Å². The van der Waals surface area contributed by atoms with Gasteiger partial charge in [-0.05, 0) is 25.3 Å². The second-order valence-corrected chi connectivity index (χ2v) is 4.82. The number of hydrogen-bond acceptors (Lipinski definition) is 3. The number of para-hydroxylation sites is 1. The molecule has 1 saturated heterocycles. The van der Waals surface area contributed by atoms with Crippen molar-refractivity contribution in [3.8, 4) is 0 Å². The highest BCUT2D eigenvalue weighted by Crippen LogP contribution is 2.29. The first-order valence-electron chi connectivity index (χ1n) is 6.69. The highest BCUT2D eigenvalue weighted by Gasteiger charge is 2.22. The number of fused-ring (bicyclic) bond motifs is 1. The number of aliphatic hydroxyl groups is 1. The van der Waals surface area contributed by atoms with Crippen LogP contribution in [-0.2, 0) is 11.2 Å². The zero-order valence-electron chi connectivity index (χ0n) is 10.7. The third-order valence-electron chi connectivity index (χ3n) is 3.53. The molecular formula is C14H17FN2O2. The zero-order chi connectivity index (χ0) is 13.2. The van der Waals surface area contributed by atoms with Crippen molar-refractivity contribution in [3.63, 3.8) is 0 Å². The van der Waals surface area contributed by atoms with E-state index in [1.165, 1.54) is 6.07 Å². The van der Waals surface area contributed by atoms with E-state index >= 15 is 0 Å². The molecule has 5 heteroatoms. The van der Waals surface area contributed by atoms with Crippen LogP contribution in [-0.4, -0.2) is 28.1 Å². The molecule has 1 aliphatic rings. The van der Waals surface area contributed by atoms with Gasteiger partial charge in [0.15, 0.2) is 6.23 Å². The summed E-state index contributed by atoms with van der Waals surface area (Å²) in [5.74, 6) is -0.289. The van der Waals surface area contributed by atoms with E-state index in [0.29, 0.717) is 18.5 Å². The van der Waals surface area contributed by atoms with Gasteiger partial charge in [0.2, 0.25) is 0 Å². The smallest absolute Gasteiger partial charge is 0.150 e. The van der Waals surface area contributed by atoms with Crippen molar-refractivity contribution in [1.82, 2.24) is 9.78 Å². The predicted octanol–water partition coefficient (Wildman–Crippen LogP) is 2.41. The number of ether oxygens (including phenoxy) is 1. The van der Waals surface area contributed by atoms with Gasteiger partial charge >= 0.3 is 0 Å². The highest BCUT2D eigenvalue weighted by atomic mass is 19.1. The lowest BCUT2D eigenvalue weighted by Crippen LogP contribution is -2.19. The van der Waals surface area contributed by atoms with Crippen LogP contribution in [0.25, 0.3) is 10.9 Å². The first-order chi connectivity index (χ1) is 9.31. The molecule has 0 spiro atoms. The predicted molar refractivity (Wildman–Crippen MR) is 69.3 cm³/mol. The maximum Gasteiger partial charge on any atom is 0.150 e. The topological polar surface area (TPSA) is 47.3 Å². The highest BCUT2D eigenvalue weighted by molar-refractivity contribution is 5.82. The molecule has 19 heavy (non-hydrogen) atoms. The Kier molecular flexibility index (Phi) is 3.48. The molecule has 3 rings (SSSR count). The minimum atomic E-state index is -0.289. The molecule has 1 fully saturated rings. The SMILES string of the molecule is OCCc1nn(C2CCCCO2)c2c(F)cccc12. The van der Waals surface area contributed by atoms with Crippen LogP contribution in [0.15, 0.2) is 18.2 Å². The Morgan fingerprint density at radius 1 is 1.42 bits per heavy atom. The van der Waals surface area contributed by atoms with Crippen molar-refractivity contribution < 1.29 is 14.2 Å². The maximum absolute atomic E-state index is 14.1. The molecule has 1 aromatic carbocycles. The van der Waals surface area contributed by atoms with Gasteiger partial charge in [0.05, 0.1) is 5.69 Å². The fraction of sp³-hybridized carbons (Fsp3) is 0.500. The third-order valence-corrected chi connectivity index (χ3v) is 3.53. The number of nitrogens with zero attached hydrogens (tertiary/aromatic N) is 2. The van der Waals surface area contributed by atoms with Gasteiger partial charge in [-0.25, -0.2) is 9.07 Å². The number of halogens is 1. The Morgan fingerprint density at radius 2 is 2.32 bits per heavy atom. The fourth-order valence-electron chi connectivity index (χ4n) is 2.63.